The topological polar surface area (TPSA) is 103 Å². The Morgan fingerprint density at radius 3 is 2.76 bits per heavy atom. The fourth-order valence-corrected chi connectivity index (χ4v) is 1.56. The summed E-state index contributed by atoms with van der Waals surface area (Å²) in [6, 6.07) is 0. The number of H-pyrrole nitrogens is 1. The summed E-state index contributed by atoms with van der Waals surface area (Å²) in [5.41, 5.74) is -0.937. The number of aromatic amines is 1. The standard InChI is InChI=1S/C8H9ClN6O2/c1-8(2,7-10-4-11-12-7)14-3-5(15(16)17)6(9)13-14/h3-4H,1-2H3,(H,10,11,12). The maximum atomic E-state index is 10.7. The number of hydrogen-bond donors (Lipinski definition) is 1. The average Bonchev–Trinajstić information content (AvgIpc) is 2.84. The summed E-state index contributed by atoms with van der Waals surface area (Å²) in [4.78, 5) is 12.9. The van der Waals surface area contributed by atoms with Crippen molar-refractivity contribution in [3.63, 3.8) is 0 Å². The van der Waals surface area contributed by atoms with Gasteiger partial charge in [0.2, 0.25) is 5.15 Å². The van der Waals surface area contributed by atoms with Gasteiger partial charge in [0.25, 0.3) is 0 Å². The highest BCUT2D eigenvalue weighted by molar-refractivity contribution is 6.31. The van der Waals surface area contributed by atoms with Crippen molar-refractivity contribution in [2.75, 3.05) is 0 Å². The first-order chi connectivity index (χ1) is 7.93. The van der Waals surface area contributed by atoms with Gasteiger partial charge in [0.05, 0.1) is 4.92 Å². The zero-order valence-electron chi connectivity index (χ0n) is 9.09. The van der Waals surface area contributed by atoms with Gasteiger partial charge in [-0.15, -0.1) is 10.2 Å². The second-order valence-corrected chi connectivity index (χ2v) is 4.26. The Morgan fingerprint density at radius 2 is 2.29 bits per heavy atom. The summed E-state index contributed by atoms with van der Waals surface area (Å²) in [6.45, 7) is 3.58. The number of nitro groups is 1. The largest absolute Gasteiger partial charge is 0.329 e. The van der Waals surface area contributed by atoms with E-state index in [9.17, 15) is 10.1 Å². The third kappa shape index (κ3) is 1.86. The van der Waals surface area contributed by atoms with E-state index in [1.165, 1.54) is 17.2 Å². The van der Waals surface area contributed by atoms with Crippen molar-refractivity contribution in [1.29, 1.82) is 0 Å². The molecular weight excluding hydrogens is 248 g/mol. The molecule has 0 atom stereocenters. The zero-order valence-corrected chi connectivity index (χ0v) is 9.84. The van der Waals surface area contributed by atoms with Crippen molar-refractivity contribution < 1.29 is 4.92 Å². The molecule has 0 unspecified atom stereocenters. The Kier molecular flexibility index (Phi) is 2.58. The molecule has 0 aromatic carbocycles. The second-order valence-electron chi connectivity index (χ2n) is 3.90. The van der Waals surface area contributed by atoms with Gasteiger partial charge < -0.3 is 4.98 Å². The van der Waals surface area contributed by atoms with Gasteiger partial charge in [-0.1, -0.05) is 11.6 Å². The molecule has 0 saturated carbocycles. The van der Waals surface area contributed by atoms with Crippen LogP contribution >= 0.6 is 11.6 Å². The summed E-state index contributed by atoms with van der Waals surface area (Å²) in [5.74, 6) is 0.534. The van der Waals surface area contributed by atoms with Crippen LogP contribution in [0.5, 0.6) is 0 Å². The lowest BCUT2D eigenvalue weighted by Gasteiger charge is -2.21. The number of rotatable bonds is 3. The van der Waals surface area contributed by atoms with Crippen LogP contribution in [0.25, 0.3) is 0 Å². The molecule has 0 aliphatic heterocycles. The van der Waals surface area contributed by atoms with E-state index in [0.717, 1.165) is 0 Å². The molecule has 0 amide bonds. The molecule has 17 heavy (non-hydrogen) atoms. The number of aromatic nitrogens is 5. The van der Waals surface area contributed by atoms with Crippen LogP contribution in [-0.4, -0.2) is 29.9 Å². The first kappa shape index (κ1) is 11.5. The molecule has 0 aliphatic rings. The number of halogens is 1. The smallest absolute Gasteiger partial charge is 0.325 e. The minimum absolute atomic E-state index is 0.150. The van der Waals surface area contributed by atoms with E-state index in [0.29, 0.717) is 5.82 Å². The number of nitrogens with one attached hydrogen (secondary N) is 1. The van der Waals surface area contributed by atoms with Crippen LogP contribution in [0.2, 0.25) is 5.15 Å². The molecule has 0 radical (unpaired) electrons. The minimum Gasteiger partial charge on any atom is -0.329 e. The normalized spacial score (nSPS) is 11.7. The summed E-state index contributed by atoms with van der Waals surface area (Å²) in [5, 5.41) is 22.0. The van der Waals surface area contributed by atoms with E-state index in [1.54, 1.807) is 13.8 Å². The monoisotopic (exact) mass is 256 g/mol. The molecule has 1 N–H and O–H groups in total. The third-order valence-electron chi connectivity index (χ3n) is 2.42. The molecule has 0 fully saturated rings. The van der Waals surface area contributed by atoms with Crippen molar-refractivity contribution in [1.82, 2.24) is 25.0 Å². The van der Waals surface area contributed by atoms with E-state index in [4.69, 9.17) is 11.6 Å². The van der Waals surface area contributed by atoms with E-state index in [2.05, 4.69) is 20.3 Å². The molecule has 2 heterocycles. The van der Waals surface area contributed by atoms with Crippen molar-refractivity contribution in [2.24, 2.45) is 0 Å². The van der Waals surface area contributed by atoms with Crippen LogP contribution in [0.3, 0.4) is 0 Å². The van der Waals surface area contributed by atoms with Crippen LogP contribution in [0, 0.1) is 10.1 Å². The quantitative estimate of drug-likeness (QED) is 0.659. The SMILES string of the molecule is CC(C)(c1nnc[nH]1)n1cc([N+](=O)[O-])c(Cl)n1. The molecule has 90 valence electrons. The Bertz CT molecular complexity index is 546. The molecule has 0 saturated heterocycles. The van der Waals surface area contributed by atoms with Crippen molar-refractivity contribution >= 4 is 17.3 Å². The Hall–Kier alpha value is -1.96. The average molecular weight is 257 g/mol. The Morgan fingerprint density at radius 1 is 1.59 bits per heavy atom. The summed E-state index contributed by atoms with van der Waals surface area (Å²) in [6.07, 6.45) is 2.70. The van der Waals surface area contributed by atoms with Gasteiger partial charge >= 0.3 is 5.69 Å². The molecule has 2 aromatic rings. The second kappa shape index (κ2) is 3.81. The first-order valence-corrected chi connectivity index (χ1v) is 5.07. The Balaban J connectivity index is 2.47. The molecule has 9 heteroatoms. The van der Waals surface area contributed by atoms with Crippen molar-refractivity contribution in [3.8, 4) is 0 Å². The number of nitrogens with zero attached hydrogens (tertiary/aromatic N) is 5. The fraction of sp³-hybridized carbons (Fsp3) is 0.375. The third-order valence-corrected chi connectivity index (χ3v) is 2.69. The van der Waals surface area contributed by atoms with Gasteiger partial charge in [-0.05, 0) is 13.8 Å². The molecule has 8 nitrogen and oxygen atoms in total. The first-order valence-electron chi connectivity index (χ1n) is 4.69. The molecular formula is C8H9ClN6O2. The van der Waals surface area contributed by atoms with Crippen LogP contribution in [0.4, 0.5) is 5.69 Å². The van der Waals surface area contributed by atoms with E-state index >= 15 is 0 Å². The van der Waals surface area contributed by atoms with Gasteiger partial charge in [0, 0.05) is 0 Å². The van der Waals surface area contributed by atoms with Crippen LogP contribution in [-0.2, 0) is 5.54 Å². The molecule has 2 aromatic heterocycles. The van der Waals surface area contributed by atoms with Crippen molar-refractivity contribution in [3.05, 3.63) is 33.6 Å². The lowest BCUT2D eigenvalue weighted by molar-refractivity contribution is -0.384. The van der Waals surface area contributed by atoms with Crippen molar-refractivity contribution in [2.45, 2.75) is 19.4 Å². The highest BCUT2D eigenvalue weighted by atomic mass is 35.5. The van der Waals surface area contributed by atoms with E-state index < -0.39 is 10.5 Å². The predicted molar refractivity (Wildman–Crippen MR) is 58.7 cm³/mol. The van der Waals surface area contributed by atoms with Gasteiger partial charge in [0.15, 0.2) is 5.82 Å². The molecule has 0 aliphatic carbocycles. The minimum atomic E-state index is -0.700. The van der Waals surface area contributed by atoms with Gasteiger partial charge in [-0.25, -0.2) is 0 Å². The summed E-state index contributed by atoms with van der Waals surface area (Å²) in [7, 11) is 0. The van der Waals surface area contributed by atoms with E-state index in [-0.39, 0.29) is 10.8 Å². The Labute approximate surface area is 101 Å². The van der Waals surface area contributed by atoms with Crippen LogP contribution in [0.15, 0.2) is 12.5 Å². The maximum Gasteiger partial charge on any atom is 0.325 e. The number of hydrogen-bond acceptors (Lipinski definition) is 5. The van der Waals surface area contributed by atoms with E-state index in [1.807, 2.05) is 0 Å². The lowest BCUT2D eigenvalue weighted by Crippen LogP contribution is -2.29. The van der Waals surface area contributed by atoms with Gasteiger partial charge in [-0.2, -0.15) is 5.10 Å². The van der Waals surface area contributed by atoms with Gasteiger partial charge in [0.1, 0.15) is 18.1 Å². The van der Waals surface area contributed by atoms with Gasteiger partial charge in [-0.3, -0.25) is 14.8 Å². The molecule has 2 rings (SSSR count). The highest BCUT2D eigenvalue weighted by Gasteiger charge is 2.31. The highest BCUT2D eigenvalue weighted by Crippen LogP contribution is 2.28. The fourth-order valence-electron chi connectivity index (χ4n) is 1.37. The predicted octanol–water partition coefficient (Wildman–Crippen LogP) is 1.35. The summed E-state index contributed by atoms with van der Waals surface area (Å²) < 4.78 is 1.38. The molecule has 0 spiro atoms. The van der Waals surface area contributed by atoms with Crippen LogP contribution < -0.4 is 0 Å². The maximum absolute atomic E-state index is 10.7. The zero-order chi connectivity index (χ0) is 12.6. The van der Waals surface area contributed by atoms with Crippen LogP contribution in [0.1, 0.15) is 19.7 Å². The molecule has 0 bridgehead atoms. The lowest BCUT2D eigenvalue weighted by atomic mass is 10.1. The summed E-state index contributed by atoms with van der Waals surface area (Å²) >= 11 is 5.69.